The maximum atomic E-state index is 13.9. The number of benzene rings is 3. The van der Waals surface area contributed by atoms with Gasteiger partial charge < -0.3 is 10.2 Å². The van der Waals surface area contributed by atoms with Crippen LogP contribution in [0, 0.1) is 0 Å². The number of hydrogen-bond acceptors (Lipinski definition) is 5. The molecule has 0 aliphatic carbocycles. The van der Waals surface area contributed by atoms with E-state index in [2.05, 4.69) is 5.32 Å². The minimum absolute atomic E-state index is 0.0326. The molecule has 0 bridgehead atoms. The van der Waals surface area contributed by atoms with Crippen molar-refractivity contribution < 1.29 is 22.8 Å². The molecule has 0 saturated heterocycles. The van der Waals surface area contributed by atoms with E-state index in [0.29, 0.717) is 10.7 Å². The summed E-state index contributed by atoms with van der Waals surface area (Å²) >= 11 is 0. The molecule has 0 radical (unpaired) electrons. The van der Waals surface area contributed by atoms with E-state index in [-0.39, 0.29) is 35.4 Å². The van der Waals surface area contributed by atoms with Crippen LogP contribution < -0.4 is 5.32 Å². The van der Waals surface area contributed by atoms with Gasteiger partial charge in [-0.15, -0.1) is 0 Å². The Morgan fingerprint density at radius 1 is 0.895 bits per heavy atom. The first-order valence-electron chi connectivity index (χ1n) is 12.6. The molecule has 0 saturated carbocycles. The predicted molar refractivity (Wildman–Crippen MR) is 143 cm³/mol. The second-order valence-electron chi connectivity index (χ2n) is 9.34. The fraction of sp³-hybridized carbons (Fsp3) is 0.276. The molecule has 3 amide bonds. The molecule has 1 aliphatic heterocycles. The first-order chi connectivity index (χ1) is 18.2. The summed E-state index contributed by atoms with van der Waals surface area (Å²) in [5.74, 6) is -1.73. The smallest absolute Gasteiger partial charge is 0.269 e. The molecule has 0 spiro atoms. The van der Waals surface area contributed by atoms with Gasteiger partial charge in [-0.2, -0.15) is 0 Å². The molecule has 198 valence electrons. The normalized spacial score (nSPS) is 15.4. The van der Waals surface area contributed by atoms with E-state index < -0.39 is 34.4 Å². The van der Waals surface area contributed by atoms with Gasteiger partial charge in [-0.3, -0.25) is 14.4 Å². The number of carbonyl (C=O) groups is 3. The third-order valence-corrected chi connectivity index (χ3v) is 8.45. The molecule has 8 nitrogen and oxygen atoms in total. The number of nitrogens with zero attached hydrogens (tertiary/aromatic N) is 2. The van der Waals surface area contributed by atoms with Gasteiger partial charge in [-0.25, -0.2) is 12.7 Å². The summed E-state index contributed by atoms with van der Waals surface area (Å²) in [5, 5.41) is 2.97. The highest BCUT2D eigenvalue weighted by atomic mass is 32.2. The standard InChI is InChI=1S/C29H31N3O5S/c1-3-21(2)30-28(34)25(18-22-12-6-4-7-13-22)31(19-23-14-8-5-9-15-23)27(33)20-32-29(35)24-16-10-11-17-26(24)38(32,36)37/h4-17,21,25H,3,18-20H2,1-2H3,(H,30,34)/t21-,25+/m1/s1. The highest BCUT2D eigenvalue weighted by Gasteiger charge is 2.43. The predicted octanol–water partition coefficient (Wildman–Crippen LogP) is 3.39. The number of hydrogen-bond donors (Lipinski definition) is 1. The summed E-state index contributed by atoms with van der Waals surface area (Å²) in [6.45, 7) is 3.20. The molecule has 1 heterocycles. The topological polar surface area (TPSA) is 104 Å². The van der Waals surface area contributed by atoms with Crippen molar-refractivity contribution in [2.24, 2.45) is 0 Å². The van der Waals surface area contributed by atoms with Gasteiger partial charge in [0.1, 0.15) is 17.5 Å². The van der Waals surface area contributed by atoms with E-state index in [1.54, 1.807) is 6.07 Å². The Labute approximate surface area is 223 Å². The molecule has 1 aliphatic rings. The number of carbonyl (C=O) groups excluding carboxylic acids is 3. The lowest BCUT2D eigenvalue weighted by atomic mass is 10.0. The lowest BCUT2D eigenvalue weighted by Gasteiger charge is -2.33. The van der Waals surface area contributed by atoms with E-state index in [4.69, 9.17) is 0 Å². The molecule has 9 heteroatoms. The summed E-state index contributed by atoms with van der Waals surface area (Å²) < 4.78 is 26.9. The summed E-state index contributed by atoms with van der Waals surface area (Å²) in [5.41, 5.74) is 1.65. The zero-order valence-electron chi connectivity index (χ0n) is 21.4. The van der Waals surface area contributed by atoms with Gasteiger partial charge in [0.15, 0.2) is 0 Å². The molecule has 0 aromatic heterocycles. The van der Waals surface area contributed by atoms with Crippen LogP contribution in [0.4, 0.5) is 0 Å². The third kappa shape index (κ3) is 5.78. The molecule has 3 aromatic rings. The van der Waals surface area contributed by atoms with E-state index in [1.165, 1.54) is 23.1 Å². The van der Waals surface area contributed by atoms with Crippen molar-refractivity contribution in [3.05, 3.63) is 102 Å². The van der Waals surface area contributed by atoms with E-state index >= 15 is 0 Å². The Morgan fingerprint density at radius 2 is 1.47 bits per heavy atom. The quantitative estimate of drug-likeness (QED) is 0.430. The van der Waals surface area contributed by atoms with Crippen molar-refractivity contribution in [1.82, 2.24) is 14.5 Å². The zero-order chi connectivity index (χ0) is 27.3. The molecule has 2 atom stereocenters. The van der Waals surface area contributed by atoms with Gasteiger partial charge in [0.2, 0.25) is 11.8 Å². The monoisotopic (exact) mass is 533 g/mol. The van der Waals surface area contributed by atoms with Crippen LogP contribution in [0.25, 0.3) is 0 Å². The minimum Gasteiger partial charge on any atom is -0.352 e. The van der Waals surface area contributed by atoms with E-state index in [9.17, 15) is 22.8 Å². The van der Waals surface area contributed by atoms with Crippen LogP contribution in [-0.2, 0) is 32.6 Å². The second kappa shape index (κ2) is 11.6. The zero-order valence-corrected chi connectivity index (χ0v) is 22.2. The van der Waals surface area contributed by atoms with Crippen molar-refractivity contribution in [2.75, 3.05) is 6.54 Å². The van der Waals surface area contributed by atoms with Crippen molar-refractivity contribution in [1.29, 1.82) is 0 Å². The van der Waals surface area contributed by atoms with Crippen molar-refractivity contribution >= 4 is 27.7 Å². The van der Waals surface area contributed by atoms with Gasteiger partial charge in [-0.05, 0) is 36.6 Å². The van der Waals surface area contributed by atoms with Crippen LogP contribution >= 0.6 is 0 Å². The number of nitrogens with one attached hydrogen (secondary N) is 1. The van der Waals surface area contributed by atoms with Crippen LogP contribution in [0.1, 0.15) is 41.8 Å². The van der Waals surface area contributed by atoms with Crippen LogP contribution in [0.5, 0.6) is 0 Å². The minimum atomic E-state index is -4.19. The van der Waals surface area contributed by atoms with Gasteiger partial charge in [-0.1, -0.05) is 79.7 Å². The molecule has 0 fully saturated rings. The molecular weight excluding hydrogens is 502 g/mol. The van der Waals surface area contributed by atoms with Crippen molar-refractivity contribution in [3.63, 3.8) is 0 Å². The fourth-order valence-electron chi connectivity index (χ4n) is 4.38. The SMILES string of the molecule is CC[C@@H](C)NC(=O)[C@H](Cc1ccccc1)N(Cc1ccccc1)C(=O)CN1C(=O)c2ccccc2S1(=O)=O. The molecule has 38 heavy (non-hydrogen) atoms. The summed E-state index contributed by atoms with van der Waals surface area (Å²) in [4.78, 5) is 41.7. The number of fused-ring (bicyclic) bond motifs is 1. The van der Waals surface area contributed by atoms with Crippen LogP contribution in [0.3, 0.4) is 0 Å². The van der Waals surface area contributed by atoms with Crippen LogP contribution in [0.2, 0.25) is 0 Å². The molecule has 0 unspecified atom stereocenters. The van der Waals surface area contributed by atoms with Gasteiger partial charge in [0.05, 0.1) is 5.56 Å². The van der Waals surface area contributed by atoms with Crippen LogP contribution in [0.15, 0.2) is 89.8 Å². The first kappa shape index (κ1) is 27.1. The number of amides is 3. The van der Waals surface area contributed by atoms with Gasteiger partial charge in [0.25, 0.3) is 15.9 Å². The maximum Gasteiger partial charge on any atom is 0.269 e. The molecule has 4 rings (SSSR count). The molecule has 1 N–H and O–H groups in total. The Balaban J connectivity index is 1.70. The molecule has 3 aromatic carbocycles. The first-order valence-corrected chi connectivity index (χ1v) is 14.0. The number of rotatable bonds is 10. The number of sulfonamides is 1. The van der Waals surface area contributed by atoms with Crippen molar-refractivity contribution in [3.8, 4) is 0 Å². The van der Waals surface area contributed by atoms with Crippen LogP contribution in [-0.4, -0.2) is 54.0 Å². The Bertz CT molecular complexity index is 1410. The second-order valence-corrected chi connectivity index (χ2v) is 11.2. The van der Waals surface area contributed by atoms with E-state index in [0.717, 1.165) is 11.1 Å². The van der Waals surface area contributed by atoms with Gasteiger partial charge >= 0.3 is 0 Å². The lowest BCUT2D eigenvalue weighted by Crippen LogP contribution is -2.54. The largest absolute Gasteiger partial charge is 0.352 e. The summed E-state index contributed by atoms with van der Waals surface area (Å²) in [7, 11) is -4.19. The maximum absolute atomic E-state index is 13.9. The van der Waals surface area contributed by atoms with E-state index in [1.807, 2.05) is 74.5 Å². The Hall–Kier alpha value is -3.98. The van der Waals surface area contributed by atoms with Gasteiger partial charge in [0, 0.05) is 19.0 Å². The average molecular weight is 534 g/mol. The summed E-state index contributed by atoms with van der Waals surface area (Å²) in [6, 6.07) is 23.3. The Morgan fingerprint density at radius 3 is 2.08 bits per heavy atom. The highest BCUT2D eigenvalue weighted by Crippen LogP contribution is 2.30. The average Bonchev–Trinajstić information content (AvgIpc) is 3.12. The fourth-order valence-corrected chi connectivity index (χ4v) is 5.89. The lowest BCUT2D eigenvalue weighted by molar-refractivity contribution is -0.141. The Kier molecular flexibility index (Phi) is 8.26. The van der Waals surface area contributed by atoms with Crippen molar-refractivity contribution in [2.45, 2.75) is 50.2 Å². The third-order valence-electron chi connectivity index (χ3n) is 6.66. The molecular formula is C29H31N3O5S. The summed E-state index contributed by atoms with van der Waals surface area (Å²) in [6.07, 6.45) is 0.928. The highest BCUT2D eigenvalue weighted by molar-refractivity contribution is 7.90.